The number of nitrogens with one attached hydrogen (secondary N) is 1. The highest BCUT2D eigenvalue weighted by Crippen LogP contribution is 2.21. The van der Waals surface area contributed by atoms with Crippen molar-refractivity contribution in [1.82, 2.24) is 5.32 Å². The first-order valence-electron chi connectivity index (χ1n) is 5.37. The van der Waals surface area contributed by atoms with Crippen LogP contribution < -0.4 is 5.32 Å². The van der Waals surface area contributed by atoms with Crippen molar-refractivity contribution in [3.8, 4) is 0 Å². The second-order valence-electron chi connectivity index (χ2n) is 3.37. The van der Waals surface area contributed by atoms with Crippen molar-refractivity contribution in [3.05, 3.63) is 30.1 Å². The molecule has 0 aliphatic rings. The van der Waals surface area contributed by atoms with E-state index in [1.165, 1.54) is 17.8 Å². The first-order chi connectivity index (χ1) is 8.24. The van der Waals surface area contributed by atoms with E-state index in [-0.39, 0.29) is 11.7 Å². The number of benzene rings is 1. The highest BCUT2D eigenvalue weighted by molar-refractivity contribution is 7.99. The van der Waals surface area contributed by atoms with Crippen LogP contribution in [0.1, 0.15) is 6.42 Å². The summed E-state index contributed by atoms with van der Waals surface area (Å²) >= 11 is 1.35. The van der Waals surface area contributed by atoms with Gasteiger partial charge in [-0.2, -0.15) is 0 Å². The Morgan fingerprint density at radius 3 is 2.94 bits per heavy atom. The summed E-state index contributed by atoms with van der Waals surface area (Å²) in [5, 5.41) is 2.71. The number of rotatable bonds is 7. The van der Waals surface area contributed by atoms with Crippen molar-refractivity contribution in [1.29, 1.82) is 0 Å². The van der Waals surface area contributed by atoms with Gasteiger partial charge in [0.2, 0.25) is 5.91 Å². The third kappa shape index (κ3) is 5.70. The molecule has 0 saturated heterocycles. The number of thioether (sulfide) groups is 1. The SMILES string of the molecule is COCCNC(=O)CCSc1ccccc1F. The standard InChI is InChI=1S/C12H16FNO2S/c1-16-8-7-14-12(15)6-9-17-11-5-3-2-4-10(11)13/h2-5H,6-9H2,1H3,(H,14,15). The number of amides is 1. The number of carbonyl (C=O) groups excluding carboxylic acids is 1. The molecule has 0 aromatic heterocycles. The Morgan fingerprint density at radius 2 is 2.24 bits per heavy atom. The molecule has 0 aliphatic heterocycles. The second-order valence-corrected chi connectivity index (χ2v) is 4.51. The number of ether oxygens (including phenoxy) is 1. The van der Waals surface area contributed by atoms with Gasteiger partial charge in [0, 0.05) is 30.7 Å². The third-order valence-electron chi connectivity index (χ3n) is 2.05. The minimum absolute atomic E-state index is 0.0362. The van der Waals surface area contributed by atoms with Crippen LogP contribution in [0.4, 0.5) is 4.39 Å². The smallest absolute Gasteiger partial charge is 0.220 e. The number of hydrogen-bond donors (Lipinski definition) is 1. The molecule has 0 bridgehead atoms. The molecular formula is C12H16FNO2S. The lowest BCUT2D eigenvalue weighted by Gasteiger charge is -2.04. The maximum atomic E-state index is 13.2. The molecule has 0 radical (unpaired) electrons. The second kappa shape index (κ2) is 8.08. The van der Waals surface area contributed by atoms with Gasteiger partial charge in [0.05, 0.1) is 6.61 Å². The average Bonchev–Trinajstić information content (AvgIpc) is 2.32. The first kappa shape index (κ1) is 14.0. The van der Waals surface area contributed by atoms with E-state index in [0.29, 0.717) is 30.2 Å². The summed E-state index contributed by atoms with van der Waals surface area (Å²) in [5.41, 5.74) is 0. The molecule has 1 aromatic carbocycles. The number of carbonyl (C=O) groups is 1. The van der Waals surface area contributed by atoms with E-state index in [9.17, 15) is 9.18 Å². The highest BCUT2D eigenvalue weighted by atomic mass is 32.2. The first-order valence-corrected chi connectivity index (χ1v) is 6.35. The van der Waals surface area contributed by atoms with Crippen molar-refractivity contribution in [2.75, 3.05) is 26.0 Å². The van der Waals surface area contributed by atoms with Crippen LogP contribution in [-0.2, 0) is 9.53 Å². The zero-order valence-electron chi connectivity index (χ0n) is 9.74. The molecule has 0 saturated carbocycles. The zero-order valence-corrected chi connectivity index (χ0v) is 10.6. The fourth-order valence-corrected chi connectivity index (χ4v) is 2.08. The Hall–Kier alpha value is -1.07. The van der Waals surface area contributed by atoms with Crippen molar-refractivity contribution < 1.29 is 13.9 Å². The lowest BCUT2D eigenvalue weighted by molar-refractivity contribution is -0.120. The van der Waals surface area contributed by atoms with E-state index in [1.807, 2.05) is 0 Å². The fraction of sp³-hybridized carbons (Fsp3) is 0.417. The van der Waals surface area contributed by atoms with E-state index < -0.39 is 0 Å². The summed E-state index contributed by atoms with van der Waals surface area (Å²) in [6, 6.07) is 6.56. The Kier molecular flexibility index (Phi) is 6.65. The van der Waals surface area contributed by atoms with Crippen LogP contribution in [0.2, 0.25) is 0 Å². The van der Waals surface area contributed by atoms with Gasteiger partial charge in [-0.25, -0.2) is 4.39 Å². The van der Waals surface area contributed by atoms with E-state index in [4.69, 9.17) is 4.74 Å². The van der Waals surface area contributed by atoms with Crippen LogP contribution in [0.15, 0.2) is 29.2 Å². The van der Waals surface area contributed by atoms with Crippen molar-refractivity contribution in [3.63, 3.8) is 0 Å². The van der Waals surface area contributed by atoms with Gasteiger partial charge >= 0.3 is 0 Å². The molecule has 0 aliphatic carbocycles. The van der Waals surface area contributed by atoms with Crippen LogP contribution in [0.5, 0.6) is 0 Å². The van der Waals surface area contributed by atoms with Gasteiger partial charge in [0.1, 0.15) is 5.82 Å². The summed E-state index contributed by atoms with van der Waals surface area (Å²) in [6.45, 7) is 1.02. The number of halogens is 1. The predicted molar refractivity (Wildman–Crippen MR) is 66.6 cm³/mol. The molecule has 94 valence electrons. The van der Waals surface area contributed by atoms with Crippen LogP contribution in [0.3, 0.4) is 0 Å². The van der Waals surface area contributed by atoms with E-state index in [1.54, 1.807) is 25.3 Å². The lowest BCUT2D eigenvalue weighted by atomic mass is 10.3. The van der Waals surface area contributed by atoms with Crippen LogP contribution in [0, 0.1) is 5.82 Å². The molecule has 0 spiro atoms. The molecule has 1 amide bonds. The minimum Gasteiger partial charge on any atom is -0.383 e. The van der Waals surface area contributed by atoms with Gasteiger partial charge < -0.3 is 10.1 Å². The number of hydrogen-bond acceptors (Lipinski definition) is 3. The molecule has 1 N–H and O–H groups in total. The third-order valence-corrected chi connectivity index (χ3v) is 3.10. The molecule has 1 aromatic rings. The van der Waals surface area contributed by atoms with Gasteiger partial charge in [0.15, 0.2) is 0 Å². The maximum Gasteiger partial charge on any atom is 0.220 e. The number of methoxy groups -OCH3 is 1. The molecule has 5 heteroatoms. The Balaban J connectivity index is 2.19. The van der Waals surface area contributed by atoms with Gasteiger partial charge in [0.25, 0.3) is 0 Å². The molecule has 0 unspecified atom stereocenters. The molecule has 3 nitrogen and oxygen atoms in total. The van der Waals surface area contributed by atoms with E-state index in [0.717, 1.165) is 0 Å². The largest absolute Gasteiger partial charge is 0.383 e. The fourth-order valence-electron chi connectivity index (χ4n) is 1.20. The molecule has 1 rings (SSSR count). The lowest BCUT2D eigenvalue weighted by Crippen LogP contribution is -2.27. The summed E-state index contributed by atoms with van der Waals surface area (Å²) in [6.07, 6.45) is 0.378. The molecule has 17 heavy (non-hydrogen) atoms. The van der Waals surface area contributed by atoms with Crippen LogP contribution >= 0.6 is 11.8 Å². The summed E-state index contributed by atoms with van der Waals surface area (Å²) in [7, 11) is 1.58. The normalized spacial score (nSPS) is 10.2. The van der Waals surface area contributed by atoms with Crippen LogP contribution in [-0.4, -0.2) is 31.9 Å². The van der Waals surface area contributed by atoms with Crippen molar-refractivity contribution in [2.24, 2.45) is 0 Å². The Bertz CT molecular complexity index is 360. The van der Waals surface area contributed by atoms with Gasteiger partial charge in [-0.1, -0.05) is 12.1 Å². The molecular weight excluding hydrogens is 241 g/mol. The quantitative estimate of drug-likeness (QED) is 0.600. The average molecular weight is 257 g/mol. The summed E-state index contributed by atoms with van der Waals surface area (Å²) < 4.78 is 18.0. The minimum atomic E-state index is -0.239. The summed E-state index contributed by atoms with van der Waals surface area (Å²) in [5.74, 6) is 0.294. The maximum absolute atomic E-state index is 13.2. The van der Waals surface area contributed by atoms with Crippen molar-refractivity contribution >= 4 is 17.7 Å². The van der Waals surface area contributed by atoms with Crippen LogP contribution in [0.25, 0.3) is 0 Å². The topological polar surface area (TPSA) is 38.3 Å². The Morgan fingerprint density at radius 1 is 1.47 bits per heavy atom. The molecule has 0 atom stereocenters. The zero-order chi connectivity index (χ0) is 12.5. The van der Waals surface area contributed by atoms with Gasteiger partial charge in [-0.05, 0) is 12.1 Å². The predicted octanol–water partition coefficient (Wildman–Crippen LogP) is 2.07. The highest BCUT2D eigenvalue weighted by Gasteiger charge is 2.04. The monoisotopic (exact) mass is 257 g/mol. The Labute approximate surface area is 105 Å². The summed E-state index contributed by atoms with van der Waals surface area (Å²) in [4.78, 5) is 11.9. The molecule has 0 fully saturated rings. The molecule has 0 heterocycles. The van der Waals surface area contributed by atoms with Gasteiger partial charge in [-0.15, -0.1) is 11.8 Å². The van der Waals surface area contributed by atoms with Crippen molar-refractivity contribution in [2.45, 2.75) is 11.3 Å². The van der Waals surface area contributed by atoms with E-state index >= 15 is 0 Å². The van der Waals surface area contributed by atoms with Gasteiger partial charge in [-0.3, -0.25) is 4.79 Å². The van der Waals surface area contributed by atoms with E-state index in [2.05, 4.69) is 5.32 Å².